The molecule has 0 aromatic heterocycles. The summed E-state index contributed by atoms with van der Waals surface area (Å²) >= 11 is 1.52. The van der Waals surface area contributed by atoms with Crippen LogP contribution in [0.4, 0.5) is 0 Å². The molecule has 3 nitrogen and oxygen atoms in total. The van der Waals surface area contributed by atoms with Gasteiger partial charge in [-0.3, -0.25) is 10.2 Å². The number of hydrazine groups is 1. The normalized spacial score (nSPS) is 9.50. The molecule has 0 bridgehead atoms. The van der Waals surface area contributed by atoms with Crippen molar-refractivity contribution < 1.29 is 4.79 Å². The number of carbonyl (C=O) groups is 1. The van der Waals surface area contributed by atoms with E-state index in [1.165, 1.54) is 11.8 Å². The smallest absolute Gasteiger partial charge is 0.266 e. The molecule has 4 heteroatoms. The molecule has 0 heterocycles. The van der Waals surface area contributed by atoms with Gasteiger partial charge >= 0.3 is 0 Å². The summed E-state index contributed by atoms with van der Waals surface area (Å²) in [6, 6.07) is 7.33. The van der Waals surface area contributed by atoms with Crippen LogP contribution in [0, 0.1) is 0 Å². The van der Waals surface area contributed by atoms with Crippen LogP contribution in [0.1, 0.15) is 10.4 Å². The Morgan fingerprint density at radius 3 is 2.75 bits per heavy atom. The van der Waals surface area contributed by atoms with Gasteiger partial charge in [0, 0.05) is 4.90 Å². The van der Waals surface area contributed by atoms with E-state index in [0.29, 0.717) is 5.56 Å². The number of hydrogen-bond donors (Lipinski definition) is 2. The Balaban J connectivity index is 3.04. The Morgan fingerprint density at radius 2 is 2.17 bits per heavy atom. The van der Waals surface area contributed by atoms with Crippen molar-refractivity contribution in [3.63, 3.8) is 0 Å². The van der Waals surface area contributed by atoms with Gasteiger partial charge in [-0.1, -0.05) is 12.1 Å². The van der Waals surface area contributed by atoms with E-state index in [4.69, 9.17) is 5.84 Å². The molecule has 0 saturated heterocycles. The number of nitrogens with one attached hydrogen (secondary N) is 1. The van der Waals surface area contributed by atoms with Crippen molar-refractivity contribution in [3.8, 4) is 0 Å². The average molecular weight is 182 g/mol. The molecule has 0 fully saturated rings. The lowest BCUT2D eigenvalue weighted by Crippen LogP contribution is -2.30. The van der Waals surface area contributed by atoms with Gasteiger partial charge in [-0.05, 0) is 18.4 Å². The molecule has 1 rings (SSSR count). The van der Waals surface area contributed by atoms with E-state index in [1.54, 1.807) is 6.07 Å². The van der Waals surface area contributed by atoms with Crippen LogP contribution in [0.2, 0.25) is 0 Å². The maximum absolute atomic E-state index is 11.1. The second kappa shape index (κ2) is 4.13. The van der Waals surface area contributed by atoms with Gasteiger partial charge in [0.2, 0.25) is 0 Å². The fourth-order valence-corrected chi connectivity index (χ4v) is 1.51. The van der Waals surface area contributed by atoms with E-state index in [2.05, 4.69) is 5.43 Å². The molecule has 0 aliphatic heterocycles. The molecule has 0 aliphatic rings. The van der Waals surface area contributed by atoms with Gasteiger partial charge in [0.15, 0.2) is 0 Å². The molecule has 0 saturated carbocycles. The number of rotatable bonds is 2. The molecule has 64 valence electrons. The first kappa shape index (κ1) is 9.09. The summed E-state index contributed by atoms with van der Waals surface area (Å²) in [4.78, 5) is 12.1. The highest BCUT2D eigenvalue weighted by Crippen LogP contribution is 2.19. The minimum absolute atomic E-state index is 0.250. The number of nitrogens with two attached hydrogens (primary N) is 1. The largest absolute Gasteiger partial charge is 0.290 e. The maximum Gasteiger partial charge on any atom is 0.266 e. The summed E-state index contributed by atoms with van der Waals surface area (Å²) in [6.45, 7) is 0. The molecular formula is C8H10N2OS. The maximum atomic E-state index is 11.1. The second-order valence-electron chi connectivity index (χ2n) is 2.17. The van der Waals surface area contributed by atoms with E-state index in [9.17, 15) is 4.79 Å². The van der Waals surface area contributed by atoms with E-state index in [1.807, 2.05) is 24.5 Å². The van der Waals surface area contributed by atoms with Crippen molar-refractivity contribution >= 4 is 17.7 Å². The lowest BCUT2D eigenvalue weighted by molar-refractivity contribution is 0.0951. The molecule has 0 atom stereocenters. The predicted octanol–water partition coefficient (Wildman–Crippen LogP) is 1.01. The summed E-state index contributed by atoms with van der Waals surface area (Å²) in [7, 11) is 0. The van der Waals surface area contributed by atoms with Crippen LogP contribution in [0.15, 0.2) is 29.2 Å². The summed E-state index contributed by atoms with van der Waals surface area (Å²) in [5.74, 6) is 4.77. The Kier molecular flexibility index (Phi) is 3.13. The molecule has 1 aromatic carbocycles. The van der Waals surface area contributed by atoms with Crippen LogP contribution < -0.4 is 11.3 Å². The fraction of sp³-hybridized carbons (Fsp3) is 0.125. The van der Waals surface area contributed by atoms with Crippen LogP contribution >= 0.6 is 11.8 Å². The lowest BCUT2D eigenvalue weighted by Gasteiger charge is -2.03. The highest BCUT2D eigenvalue weighted by Gasteiger charge is 2.07. The van der Waals surface area contributed by atoms with E-state index in [-0.39, 0.29) is 5.91 Å². The van der Waals surface area contributed by atoms with Crippen LogP contribution in [-0.4, -0.2) is 12.2 Å². The first-order chi connectivity index (χ1) is 5.79. The first-order valence-corrected chi connectivity index (χ1v) is 4.66. The second-order valence-corrected chi connectivity index (χ2v) is 3.02. The minimum atomic E-state index is -0.250. The van der Waals surface area contributed by atoms with Crippen molar-refractivity contribution in [3.05, 3.63) is 29.8 Å². The topological polar surface area (TPSA) is 55.1 Å². The van der Waals surface area contributed by atoms with Gasteiger partial charge in [-0.15, -0.1) is 11.8 Å². The standard InChI is InChI=1S/C8H10N2OS/c1-12-7-5-3-2-4-6(7)8(11)10-9/h2-5H,9H2,1H3,(H,10,11). The average Bonchev–Trinajstić information content (AvgIpc) is 2.16. The summed E-state index contributed by atoms with van der Waals surface area (Å²) in [5, 5.41) is 0. The molecule has 0 radical (unpaired) electrons. The predicted molar refractivity (Wildman–Crippen MR) is 49.9 cm³/mol. The van der Waals surface area contributed by atoms with Crippen LogP contribution in [0.5, 0.6) is 0 Å². The third-order valence-electron chi connectivity index (χ3n) is 1.48. The molecule has 0 unspecified atom stereocenters. The molecular weight excluding hydrogens is 172 g/mol. The van der Waals surface area contributed by atoms with E-state index < -0.39 is 0 Å². The summed E-state index contributed by atoms with van der Waals surface area (Å²) in [6.07, 6.45) is 1.92. The number of amides is 1. The fourth-order valence-electron chi connectivity index (χ4n) is 0.910. The zero-order chi connectivity index (χ0) is 8.97. The molecule has 0 spiro atoms. The van der Waals surface area contributed by atoms with E-state index >= 15 is 0 Å². The van der Waals surface area contributed by atoms with Gasteiger partial charge in [0.1, 0.15) is 0 Å². The lowest BCUT2D eigenvalue weighted by atomic mass is 10.2. The Labute approximate surface area is 75.3 Å². The molecule has 1 aromatic rings. The Bertz CT molecular complexity index is 288. The number of thioether (sulfide) groups is 1. The Hall–Kier alpha value is -1.00. The number of benzene rings is 1. The molecule has 12 heavy (non-hydrogen) atoms. The molecule has 1 amide bonds. The Morgan fingerprint density at radius 1 is 1.50 bits per heavy atom. The third-order valence-corrected chi connectivity index (χ3v) is 2.28. The van der Waals surface area contributed by atoms with Crippen molar-refractivity contribution in [1.29, 1.82) is 0 Å². The van der Waals surface area contributed by atoms with Gasteiger partial charge in [-0.25, -0.2) is 5.84 Å². The molecule has 0 aliphatic carbocycles. The SMILES string of the molecule is CSc1ccccc1C(=O)NN. The van der Waals surface area contributed by atoms with Crippen LogP contribution in [-0.2, 0) is 0 Å². The number of nitrogen functional groups attached to an aromatic ring is 1. The van der Waals surface area contributed by atoms with Crippen LogP contribution in [0.25, 0.3) is 0 Å². The zero-order valence-electron chi connectivity index (χ0n) is 6.70. The van der Waals surface area contributed by atoms with E-state index in [0.717, 1.165) is 4.90 Å². The molecule has 3 N–H and O–H groups in total. The van der Waals surface area contributed by atoms with Crippen molar-refractivity contribution in [2.24, 2.45) is 5.84 Å². The van der Waals surface area contributed by atoms with Crippen molar-refractivity contribution in [1.82, 2.24) is 5.43 Å². The highest BCUT2D eigenvalue weighted by molar-refractivity contribution is 7.98. The van der Waals surface area contributed by atoms with Gasteiger partial charge in [0.25, 0.3) is 5.91 Å². The zero-order valence-corrected chi connectivity index (χ0v) is 7.52. The minimum Gasteiger partial charge on any atom is -0.290 e. The summed E-state index contributed by atoms with van der Waals surface area (Å²) in [5.41, 5.74) is 2.72. The summed E-state index contributed by atoms with van der Waals surface area (Å²) < 4.78 is 0. The van der Waals surface area contributed by atoms with Gasteiger partial charge in [-0.2, -0.15) is 0 Å². The van der Waals surface area contributed by atoms with Crippen molar-refractivity contribution in [2.45, 2.75) is 4.90 Å². The quantitative estimate of drug-likeness (QED) is 0.310. The van der Waals surface area contributed by atoms with Crippen molar-refractivity contribution in [2.75, 3.05) is 6.26 Å². The third kappa shape index (κ3) is 1.78. The number of carbonyl (C=O) groups excluding carboxylic acids is 1. The van der Waals surface area contributed by atoms with Crippen LogP contribution in [0.3, 0.4) is 0 Å². The monoisotopic (exact) mass is 182 g/mol. The van der Waals surface area contributed by atoms with Gasteiger partial charge in [0.05, 0.1) is 5.56 Å². The first-order valence-electron chi connectivity index (χ1n) is 3.43. The highest BCUT2D eigenvalue weighted by atomic mass is 32.2. The van der Waals surface area contributed by atoms with Gasteiger partial charge < -0.3 is 0 Å². The number of hydrogen-bond acceptors (Lipinski definition) is 3.